The fourth-order valence-electron chi connectivity index (χ4n) is 3.97. The van der Waals surface area contributed by atoms with Gasteiger partial charge in [-0.25, -0.2) is 0 Å². The maximum absolute atomic E-state index is 5.89. The van der Waals surface area contributed by atoms with E-state index in [4.69, 9.17) is 5.73 Å². The molecule has 0 aromatic carbocycles. The van der Waals surface area contributed by atoms with Crippen LogP contribution >= 0.6 is 0 Å². The summed E-state index contributed by atoms with van der Waals surface area (Å²) in [7, 11) is 0. The second kappa shape index (κ2) is 4.66. The van der Waals surface area contributed by atoms with Crippen LogP contribution in [-0.2, 0) is 0 Å². The lowest BCUT2D eigenvalue weighted by Gasteiger charge is -2.45. The molecule has 2 fully saturated rings. The van der Waals surface area contributed by atoms with Crippen LogP contribution in [0.2, 0.25) is 0 Å². The molecule has 94 valence electrons. The molecule has 1 aliphatic heterocycles. The van der Waals surface area contributed by atoms with E-state index < -0.39 is 0 Å². The van der Waals surface area contributed by atoms with Crippen molar-refractivity contribution < 1.29 is 0 Å². The zero-order valence-corrected chi connectivity index (χ0v) is 11.2. The minimum absolute atomic E-state index is 0.563. The van der Waals surface area contributed by atoms with E-state index in [0.29, 0.717) is 11.5 Å². The highest BCUT2D eigenvalue weighted by atomic mass is 15.2. The van der Waals surface area contributed by atoms with Crippen molar-refractivity contribution in [1.82, 2.24) is 4.90 Å². The third kappa shape index (κ3) is 2.43. The van der Waals surface area contributed by atoms with Crippen LogP contribution in [0.4, 0.5) is 0 Å². The molecule has 0 aromatic rings. The SMILES string of the molecule is CC1CC(C)(C)CCC1N1CCCC1CN. The highest BCUT2D eigenvalue weighted by Gasteiger charge is 2.38. The molecule has 1 saturated carbocycles. The van der Waals surface area contributed by atoms with Crippen molar-refractivity contribution in [3.05, 3.63) is 0 Å². The normalized spacial score (nSPS) is 40.1. The van der Waals surface area contributed by atoms with Gasteiger partial charge in [0.25, 0.3) is 0 Å². The fourth-order valence-corrected chi connectivity index (χ4v) is 3.97. The topological polar surface area (TPSA) is 29.3 Å². The highest BCUT2D eigenvalue weighted by Crippen LogP contribution is 2.41. The lowest BCUT2D eigenvalue weighted by Crippen LogP contribution is -2.48. The molecule has 16 heavy (non-hydrogen) atoms. The monoisotopic (exact) mass is 224 g/mol. The summed E-state index contributed by atoms with van der Waals surface area (Å²) in [5, 5.41) is 0. The van der Waals surface area contributed by atoms with E-state index in [9.17, 15) is 0 Å². The molecule has 2 nitrogen and oxygen atoms in total. The zero-order valence-electron chi connectivity index (χ0n) is 11.2. The molecule has 3 atom stereocenters. The molecule has 1 saturated heterocycles. The molecule has 0 bridgehead atoms. The summed E-state index contributed by atoms with van der Waals surface area (Å²) >= 11 is 0. The number of rotatable bonds is 2. The van der Waals surface area contributed by atoms with E-state index in [-0.39, 0.29) is 0 Å². The number of nitrogens with two attached hydrogens (primary N) is 1. The lowest BCUT2D eigenvalue weighted by atomic mass is 9.70. The maximum atomic E-state index is 5.89. The number of hydrogen-bond donors (Lipinski definition) is 1. The van der Waals surface area contributed by atoms with Crippen LogP contribution in [0.3, 0.4) is 0 Å². The first-order valence-electron chi connectivity index (χ1n) is 6.99. The summed E-state index contributed by atoms with van der Waals surface area (Å²) in [5.74, 6) is 0.843. The molecule has 2 heteroatoms. The van der Waals surface area contributed by atoms with Crippen molar-refractivity contribution in [2.45, 2.75) is 65.0 Å². The third-order valence-electron chi connectivity index (χ3n) is 4.77. The molecular weight excluding hydrogens is 196 g/mol. The first-order valence-corrected chi connectivity index (χ1v) is 6.99. The van der Waals surface area contributed by atoms with E-state index >= 15 is 0 Å². The second-order valence-electron chi connectivity index (χ2n) is 6.72. The van der Waals surface area contributed by atoms with Gasteiger partial charge in [-0.05, 0) is 50.0 Å². The zero-order chi connectivity index (χ0) is 11.8. The van der Waals surface area contributed by atoms with Crippen molar-refractivity contribution in [2.75, 3.05) is 13.1 Å². The summed E-state index contributed by atoms with van der Waals surface area (Å²) in [6, 6.07) is 1.48. The van der Waals surface area contributed by atoms with Crippen LogP contribution in [0.5, 0.6) is 0 Å². The second-order valence-corrected chi connectivity index (χ2v) is 6.72. The van der Waals surface area contributed by atoms with Crippen LogP contribution < -0.4 is 5.73 Å². The van der Waals surface area contributed by atoms with Crippen LogP contribution in [-0.4, -0.2) is 30.1 Å². The van der Waals surface area contributed by atoms with E-state index in [0.717, 1.165) is 18.5 Å². The first kappa shape index (κ1) is 12.4. The van der Waals surface area contributed by atoms with E-state index in [2.05, 4.69) is 25.7 Å². The molecule has 3 unspecified atom stereocenters. The van der Waals surface area contributed by atoms with E-state index in [1.54, 1.807) is 0 Å². The van der Waals surface area contributed by atoms with E-state index in [1.165, 1.54) is 38.6 Å². The molecule has 2 N–H and O–H groups in total. The van der Waals surface area contributed by atoms with Gasteiger partial charge in [0.15, 0.2) is 0 Å². The Morgan fingerprint density at radius 3 is 2.69 bits per heavy atom. The Bertz CT molecular complexity index is 237. The van der Waals surface area contributed by atoms with Gasteiger partial charge in [-0.1, -0.05) is 20.8 Å². The van der Waals surface area contributed by atoms with Gasteiger partial charge in [0.05, 0.1) is 0 Å². The molecule has 0 aromatic heterocycles. The van der Waals surface area contributed by atoms with Gasteiger partial charge in [0, 0.05) is 18.6 Å². The largest absolute Gasteiger partial charge is 0.329 e. The Morgan fingerprint density at radius 2 is 2.06 bits per heavy atom. The average Bonchev–Trinajstić information content (AvgIpc) is 2.64. The molecule has 0 spiro atoms. The van der Waals surface area contributed by atoms with Crippen molar-refractivity contribution in [2.24, 2.45) is 17.1 Å². The standard InChI is InChI=1S/C14H28N2/c1-11-9-14(2,3)7-6-13(11)16-8-4-5-12(16)10-15/h11-13H,4-10,15H2,1-3H3. The summed E-state index contributed by atoms with van der Waals surface area (Å²) in [4.78, 5) is 2.72. The minimum atomic E-state index is 0.563. The summed E-state index contributed by atoms with van der Waals surface area (Å²) in [6.07, 6.45) is 6.82. The Hall–Kier alpha value is -0.0800. The lowest BCUT2D eigenvalue weighted by molar-refractivity contribution is 0.0540. The number of nitrogens with zero attached hydrogens (tertiary/aromatic N) is 1. The summed E-state index contributed by atoms with van der Waals surface area (Å²) in [6.45, 7) is 9.43. The van der Waals surface area contributed by atoms with Crippen molar-refractivity contribution in [1.29, 1.82) is 0 Å². The third-order valence-corrected chi connectivity index (χ3v) is 4.77. The Kier molecular flexibility index (Phi) is 3.60. The van der Waals surface area contributed by atoms with Gasteiger partial charge in [0.2, 0.25) is 0 Å². The Labute approximate surface area is 101 Å². The van der Waals surface area contributed by atoms with Crippen molar-refractivity contribution >= 4 is 0 Å². The van der Waals surface area contributed by atoms with Crippen LogP contribution in [0.25, 0.3) is 0 Å². The van der Waals surface area contributed by atoms with Crippen LogP contribution in [0.1, 0.15) is 52.9 Å². The number of hydrogen-bond acceptors (Lipinski definition) is 2. The molecule has 2 rings (SSSR count). The quantitative estimate of drug-likeness (QED) is 0.781. The van der Waals surface area contributed by atoms with Gasteiger partial charge in [-0.15, -0.1) is 0 Å². The maximum Gasteiger partial charge on any atom is 0.0221 e. The smallest absolute Gasteiger partial charge is 0.0221 e. The van der Waals surface area contributed by atoms with Crippen molar-refractivity contribution in [3.8, 4) is 0 Å². The van der Waals surface area contributed by atoms with Crippen molar-refractivity contribution in [3.63, 3.8) is 0 Å². The van der Waals surface area contributed by atoms with E-state index in [1.807, 2.05) is 0 Å². The van der Waals surface area contributed by atoms with Crippen LogP contribution in [0.15, 0.2) is 0 Å². The van der Waals surface area contributed by atoms with Gasteiger partial charge in [-0.2, -0.15) is 0 Å². The molecule has 1 aliphatic carbocycles. The van der Waals surface area contributed by atoms with Gasteiger partial charge >= 0.3 is 0 Å². The summed E-state index contributed by atoms with van der Waals surface area (Å²) in [5.41, 5.74) is 6.45. The number of likely N-dealkylation sites (tertiary alicyclic amines) is 1. The highest BCUT2D eigenvalue weighted by molar-refractivity contribution is 4.93. The summed E-state index contributed by atoms with van der Waals surface area (Å²) < 4.78 is 0. The van der Waals surface area contributed by atoms with Gasteiger partial charge in [0.1, 0.15) is 0 Å². The van der Waals surface area contributed by atoms with Crippen LogP contribution in [0, 0.1) is 11.3 Å². The fraction of sp³-hybridized carbons (Fsp3) is 1.00. The molecular formula is C14H28N2. The predicted molar refractivity (Wildman–Crippen MR) is 69.4 cm³/mol. The Balaban J connectivity index is 2.00. The average molecular weight is 224 g/mol. The predicted octanol–water partition coefficient (Wildman–Crippen LogP) is 2.62. The Morgan fingerprint density at radius 1 is 1.31 bits per heavy atom. The minimum Gasteiger partial charge on any atom is -0.329 e. The molecule has 0 radical (unpaired) electrons. The molecule has 0 amide bonds. The molecule has 2 aliphatic rings. The molecule has 1 heterocycles. The van der Waals surface area contributed by atoms with Gasteiger partial charge < -0.3 is 5.73 Å². The van der Waals surface area contributed by atoms with Gasteiger partial charge in [-0.3, -0.25) is 4.90 Å². The first-order chi connectivity index (χ1) is 7.53.